The average molecular weight is 511 g/mol. The van der Waals surface area contributed by atoms with E-state index >= 15 is 0 Å². The molecule has 7 heteroatoms. The Bertz CT molecular complexity index is 1290. The summed E-state index contributed by atoms with van der Waals surface area (Å²) < 4.78 is 13.8. The van der Waals surface area contributed by atoms with Gasteiger partial charge >= 0.3 is 0 Å². The van der Waals surface area contributed by atoms with Gasteiger partial charge in [-0.2, -0.15) is 0 Å². The van der Waals surface area contributed by atoms with E-state index in [4.69, 9.17) is 0 Å². The van der Waals surface area contributed by atoms with Crippen molar-refractivity contribution in [2.75, 3.05) is 50.5 Å². The van der Waals surface area contributed by atoms with Gasteiger partial charge in [-0.25, -0.2) is 4.39 Å². The first kappa shape index (κ1) is 26.8. The van der Waals surface area contributed by atoms with Crippen molar-refractivity contribution in [1.82, 2.24) is 20.4 Å². The number of aromatic nitrogens is 2. The molecule has 1 fully saturated rings. The zero-order valence-corrected chi connectivity index (χ0v) is 22.1. The fourth-order valence-electron chi connectivity index (χ4n) is 4.20. The number of halogens is 1. The number of nitrogens with zero attached hydrogens (tertiary/aromatic N) is 4. The quantitative estimate of drug-likeness (QED) is 0.341. The summed E-state index contributed by atoms with van der Waals surface area (Å²) in [4.78, 5) is 4.57. The maximum absolute atomic E-state index is 13.8. The molecule has 1 aromatic heterocycles. The molecule has 1 saturated heterocycles. The van der Waals surface area contributed by atoms with Crippen LogP contribution in [0.15, 0.2) is 97.6 Å². The van der Waals surface area contributed by atoms with Gasteiger partial charge in [-0.3, -0.25) is 0 Å². The van der Waals surface area contributed by atoms with E-state index in [1.807, 2.05) is 85.9 Å². The number of piperazine rings is 1. The van der Waals surface area contributed by atoms with Crippen LogP contribution in [0.1, 0.15) is 11.1 Å². The topological polar surface area (TPSA) is 56.3 Å². The van der Waals surface area contributed by atoms with E-state index in [9.17, 15) is 4.39 Å². The molecule has 0 unspecified atom stereocenters. The van der Waals surface area contributed by atoms with E-state index in [1.54, 1.807) is 6.07 Å². The molecular formula is C31H35FN6. The van der Waals surface area contributed by atoms with Gasteiger partial charge in [0, 0.05) is 56.7 Å². The Morgan fingerprint density at radius 3 is 2.18 bits per heavy atom. The highest BCUT2D eigenvalue weighted by Crippen LogP contribution is 2.24. The number of hydrogen-bond donors (Lipinski definition) is 2. The van der Waals surface area contributed by atoms with Crippen molar-refractivity contribution in [2.45, 2.75) is 6.54 Å². The van der Waals surface area contributed by atoms with Crippen LogP contribution < -0.4 is 15.5 Å². The van der Waals surface area contributed by atoms with Gasteiger partial charge in [-0.1, -0.05) is 73.3 Å². The van der Waals surface area contributed by atoms with E-state index in [-0.39, 0.29) is 5.82 Å². The predicted octanol–water partition coefficient (Wildman–Crippen LogP) is 5.52. The molecule has 2 N–H and O–H groups in total. The van der Waals surface area contributed by atoms with Crippen LogP contribution in [0, 0.1) is 5.82 Å². The van der Waals surface area contributed by atoms with Gasteiger partial charge in [0.15, 0.2) is 0 Å². The summed E-state index contributed by atoms with van der Waals surface area (Å²) in [6.07, 6.45) is 0. The lowest BCUT2D eigenvalue weighted by Gasteiger charge is -2.35. The molecule has 0 bridgehead atoms. The second kappa shape index (κ2) is 13.4. The Morgan fingerprint density at radius 1 is 0.868 bits per heavy atom. The SMILES string of the molecule is C=C(NCc1ccc(F)cc1N1CCN(C)CC1)c1ccccc1.CNc1ccc(-c2ccccc2)nn1. The number of likely N-dealkylation sites (N-methyl/N-ethyl adjacent to an activating group) is 1. The average Bonchev–Trinajstić information content (AvgIpc) is 2.98. The number of rotatable bonds is 7. The predicted molar refractivity (Wildman–Crippen MR) is 155 cm³/mol. The molecule has 6 nitrogen and oxygen atoms in total. The summed E-state index contributed by atoms with van der Waals surface area (Å²) in [5, 5.41) is 14.4. The van der Waals surface area contributed by atoms with Gasteiger partial charge in [0.1, 0.15) is 11.6 Å². The van der Waals surface area contributed by atoms with Crippen molar-refractivity contribution in [3.05, 3.63) is 115 Å². The van der Waals surface area contributed by atoms with Crippen molar-refractivity contribution < 1.29 is 4.39 Å². The third-order valence-electron chi connectivity index (χ3n) is 6.50. The molecular weight excluding hydrogens is 475 g/mol. The number of hydrogen-bond acceptors (Lipinski definition) is 6. The van der Waals surface area contributed by atoms with Crippen LogP contribution in [0.4, 0.5) is 15.9 Å². The molecule has 0 radical (unpaired) electrons. The zero-order chi connectivity index (χ0) is 26.7. The maximum Gasteiger partial charge on any atom is 0.148 e. The van der Waals surface area contributed by atoms with Crippen LogP contribution in [-0.4, -0.2) is 55.4 Å². The van der Waals surface area contributed by atoms with Crippen LogP contribution in [0.5, 0.6) is 0 Å². The standard InChI is InChI=1S/C20H24FN3.C11H11N3/c1-16(17-6-4-3-5-7-17)22-15-18-8-9-19(21)14-20(18)24-12-10-23(2)11-13-24;1-12-11-8-7-10(13-14-11)9-5-3-2-4-6-9/h3-9,14,22H,1,10-13,15H2,2H3;2-8H,1H3,(H,12,14). The summed E-state index contributed by atoms with van der Waals surface area (Å²) in [5.41, 5.74) is 6.01. The van der Waals surface area contributed by atoms with E-state index in [2.05, 4.69) is 44.3 Å². The Morgan fingerprint density at radius 2 is 1.55 bits per heavy atom. The minimum atomic E-state index is -0.186. The normalized spacial score (nSPS) is 13.3. The van der Waals surface area contributed by atoms with Crippen molar-refractivity contribution in [3.8, 4) is 11.3 Å². The van der Waals surface area contributed by atoms with Gasteiger partial charge in [0.25, 0.3) is 0 Å². The van der Waals surface area contributed by atoms with Crippen molar-refractivity contribution >= 4 is 17.2 Å². The Balaban J connectivity index is 0.000000204. The molecule has 1 aliphatic heterocycles. The summed E-state index contributed by atoms with van der Waals surface area (Å²) in [7, 11) is 3.95. The lowest BCUT2D eigenvalue weighted by molar-refractivity contribution is 0.312. The fourth-order valence-corrected chi connectivity index (χ4v) is 4.20. The molecule has 5 rings (SSSR count). The molecule has 38 heavy (non-hydrogen) atoms. The number of anilines is 2. The molecule has 0 saturated carbocycles. The highest BCUT2D eigenvalue weighted by molar-refractivity contribution is 5.62. The second-order valence-corrected chi connectivity index (χ2v) is 9.18. The Kier molecular flexibility index (Phi) is 9.43. The Labute approximate surface area is 224 Å². The highest BCUT2D eigenvalue weighted by atomic mass is 19.1. The molecule has 0 amide bonds. The van der Waals surface area contributed by atoms with Crippen LogP contribution in [0.25, 0.3) is 17.0 Å². The summed E-state index contributed by atoms with van der Waals surface area (Å²) in [6.45, 7) is 8.59. The van der Waals surface area contributed by atoms with Crippen molar-refractivity contribution in [1.29, 1.82) is 0 Å². The monoisotopic (exact) mass is 510 g/mol. The van der Waals surface area contributed by atoms with E-state index in [1.165, 1.54) is 6.07 Å². The van der Waals surface area contributed by atoms with Crippen LogP contribution in [0.3, 0.4) is 0 Å². The first-order valence-electron chi connectivity index (χ1n) is 12.8. The van der Waals surface area contributed by atoms with Crippen molar-refractivity contribution in [3.63, 3.8) is 0 Å². The molecule has 4 aromatic rings. The zero-order valence-electron chi connectivity index (χ0n) is 22.1. The molecule has 2 heterocycles. The first-order chi connectivity index (χ1) is 18.5. The summed E-state index contributed by atoms with van der Waals surface area (Å²) >= 11 is 0. The molecule has 0 atom stereocenters. The minimum Gasteiger partial charge on any atom is -0.381 e. The molecule has 0 aliphatic carbocycles. The van der Waals surface area contributed by atoms with Gasteiger partial charge in [0.05, 0.1) is 5.69 Å². The van der Waals surface area contributed by atoms with Crippen LogP contribution >= 0.6 is 0 Å². The molecule has 3 aromatic carbocycles. The lowest BCUT2D eigenvalue weighted by Crippen LogP contribution is -2.45. The third kappa shape index (κ3) is 7.40. The maximum atomic E-state index is 13.8. The van der Waals surface area contributed by atoms with Gasteiger partial charge in [-0.05, 0) is 42.4 Å². The third-order valence-corrected chi connectivity index (χ3v) is 6.50. The molecule has 196 valence electrons. The lowest BCUT2D eigenvalue weighted by atomic mass is 10.1. The highest BCUT2D eigenvalue weighted by Gasteiger charge is 2.17. The van der Waals surface area contributed by atoms with E-state index < -0.39 is 0 Å². The molecule has 1 aliphatic rings. The summed E-state index contributed by atoms with van der Waals surface area (Å²) in [6, 6.07) is 28.9. The van der Waals surface area contributed by atoms with Gasteiger partial charge in [0.2, 0.25) is 0 Å². The van der Waals surface area contributed by atoms with Gasteiger partial charge in [-0.15, -0.1) is 10.2 Å². The first-order valence-corrected chi connectivity index (χ1v) is 12.8. The Hall–Kier alpha value is -4.23. The minimum absolute atomic E-state index is 0.186. The largest absolute Gasteiger partial charge is 0.381 e. The number of nitrogens with one attached hydrogen (secondary N) is 2. The second-order valence-electron chi connectivity index (χ2n) is 9.18. The fraction of sp³-hybridized carbons (Fsp3) is 0.226. The van der Waals surface area contributed by atoms with Crippen molar-refractivity contribution in [2.24, 2.45) is 0 Å². The molecule has 0 spiro atoms. The van der Waals surface area contributed by atoms with E-state index in [0.29, 0.717) is 6.54 Å². The van der Waals surface area contributed by atoms with Gasteiger partial charge < -0.3 is 20.4 Å². The van der Waals surface area contributed by atoms with Crippen LogP contribution in [0.2, 0.25) is 0 Å². The van der Waals surface area contributed by atoms with E-state index in [0.717, 1.165) is 65.8 Å². The number of benzene rings is 3. The smallest absolute Gasteiger partial charge is 0.148 e. The van der Waals surface area contributed by atoms with Crippen LogP contribution in [-0.2, 0) is 6.54 Å². The summed E-state index contributed by atoms with van der Waals surface area (Å²) in [5.74, 6) is 0.597.